The van der Waals surface area contributed by atoms with Crippen molar-refractivity contribution in [2.75, 3.05) is 5.32 Å². The number of phenolic OH excluding ortho intramolecular Hbond substituents is 1. The average molecular weight is 281 g/mol. The summed E-state index contributed by atoms with van der Waals surface area (Å²) in [6, 6.07) is 15.0. The number of benzene rings is 2. The van der Waals surface area contributed by atoms with E-state index in [1.807, 2.05) is 49.4 Å². The number of nitrogens with zero attached hydrogens (tertiary/aromatic N) is 4. The molecule has 0 fully saturated rings. The molecular formula is C15H15N5O. The lowest BCUT2D eigenvalue weighted by Crippen LogP contribution is -2.07. The number of hydrogen-bond acceptors (Lipinski definition) is 5. The SMILES string of the molecule is CC(Nc1cccc(-n2cnnn2)c1)c1ccccc1O. The molecular weight excluding hydrogens is 266 g/mol. The van der Waals surface area contributed by atoms with Gasteiger partial charge in [0.2, 0.25) is 0 Å². The Kier molecular flexibility index (Phi) is 3.51. The molecule has 0 aliphatic rings. The van der Waals surface area contributed by atoms with Gasteiger partial charge >= 0.3 is 0 Å². The van der Waals surface area contributed by atoms with E-state index in [1.54, 1.807) is 17.1 Å². The predicted octanol–water partition coefficient (Wildman–Crippen LogP) is 2.54. The molecule has 0 radical (unpaired) electrons. The topological polar surface area (TPSA) is 75.9 Å². The molecule has 0 saturated heterocycles. The fourth-order valence-electron chi connectivity index (χ4n) is 2.20. The molecule has 3 aromatic rings. The zero-order valence-corrected chi connectivity index (χ0v) is 11.5. The molecule has 6 nitrogen and oxygen atoms in total. The summed E-state index contributed by atoms with van der Waals surface area (Å²) in [4.78, 5) is 0. The Hall–Kier alpha value is -2.89. The molecule has 1 atom stereocenters. The van der Waals surface area contributed by atoms with E-state index in [2.05, 4.69) is 20.8 Å². The Morgan fingerprint density at radius 2 is 2.00 bits per heavy atom. The first-order chi connectivity index (χ1) is 10.2. The highest BCUT2D eigenvalue weighted by atomic mass is 16.3. The van der Waals surface area contributed by atoms with Crippen LogP contribution in [0.25, 0.3) is 5.69 Å². The Bertz CT molecular complexity index is 726. The van der Waals surface area contributed by atoms with E-state index in [4.69, 9.17) is 0 Å². The van der Waals surface area contributed by atoms with Gasteiger partial charge in [0.25, 0.3) is 0 Å². The zero-order valence-electron chi connectivity index (χ0n) is 11.5. The van der Waals surface area contributed by atoms with Crippen LogP contribution in [0.4, 0.5) is 5.69 Å². The maximum absolute atomic E-state index is 9.89. The number of aromatic nitrogens is 4. The van der Waals surface area contributed by atoms with Gasteiger partial charge in [0.1, 0.15) is 12.1 Å². The van der Waals surface area contributed by atoms with Crippen LogP contribution in [-0.4, -0.2) is 25.3 Å². The molecule has 0 aliphatic carbocycles. The van der Waals surface area contributed by atoms with E-state index in [0.717, 1.165) is 16.9 Å². The van der Waals surface area contributed by atoms with E-state index >= 15 is 0 Å². The monoisotopic (exact) mass is 281 g/mol. The normalized spacial score (nSPS) is 12.0. The molecule has 2 aromatic carbocycles. The van der Waals surface area contributed by atoms with Gasteiger partial charge in [0.15, 0.2) is 0 Å². The number of tetrazole rings is 1. The second kappa shape index (κ2) is 5.62. The van der Waals surface area contributed by atoms with Gasteiger partial charge in [-0.25, -0.2) is 4.68 Å². The fraction of sp³-hybridized carbons (Fsp3) is 0.133. The van der Waals surface area contributed by atoms with E-state index in [1.165, 1.54) is 0 Å². The number of para-hydroxylation sites is 1. The lowest BCUT2D eigenvalue weighted by atomic mass is 10.1. The third-order valence-electron chi connectivity index (χ3n) is 3.25. The first kappa shape index (κ1) is 13.1. The van der Waals surface area contributed by atoms with Crippen LogP contribution in [0.1, 0.15) is 18.5 Å². The molecule has 0 aliphatic heterocycles. The Morgan fingerprint density at radius 1 is 1.14 bits per heavy atom. The molecule has 21 heavy (non-hydrogen) atoms. The fourth-order valence-corrected chi connectivity index (χ4v) is 2.20. The lowest BCUT2D eigenvalue weighted by molar-refractivity contribution is 0.465. The standard InChI is InChI=1S/C15H15N5O/c1-11(14-7-2-3-8-15(14)21)17-12-5-4-6-13(9-12)20-10-16-18-19-20/h2-11,17,21H,1H3. The summed E-state index contributed by atoms with van der Waals surface area (Å²) >= 11 is 0. The molecule has 0 amide bonds. The second-order valence-corrected chi connectivity index (χ2v) is 4.73. The zero-order chi connectivity index (χ0) is 14.7. The van der Waals surface area contributed by atoms with Gasteiger partial charge in [-0.2, -0.15) is 0 Å². The molecule has 0 bridgehead atoms. The maximum atomic E-state index is 9.89. The average Bonchev–Trinajstić information content (AvgIpc) is 3.02. The minimum absolute atomic E-state index is 0.0182. The lowest BCUT2D eigenvalue weighted by Gasteiger charge is -2.17. The largest absolute Gasteiger partial charge is 0.508 e. The second-order valence-electron chi connectivity index (χ2n) is 4.73. The molecule has 1 heterocycles. The van der Waals surface area contributed by atoms with Gasteiger partial charge in [-0.3, -0.25) is 0 Å². The van der Waals surface area contributed by atoms with Crippen molar-refractivity contribution in [1.82, 2.24) is 20.2 Å². The van der Waals surface area contributed by atoms with Crippen LogP contribution in [0.3, 0.4) is 0 Å². The van der Waals surface area contributed by atoms with Crippen molar-refractivity contribution >= 4 is 5.69 Å². The molecule has 0 saturated carbocycles. The molecule has 0 spiro atoms. The van der Waals surface area contributed by atoms with Crippen LogP contribution in [0.2, 0.25) is 0 Å². The Labute approximate surface area is 122 Å². The highest BCUT2D eigenvalue weighted by Crippen LogP contribution is 2.27. The van der Waals surface area contributed by atoms with Crippen molar-refractivity contribution in [2.45, 2.75) is 13.0 Å². The van der Waals surface area contributed by atoms with Gasteiger partial charge in [0.05, 0.1) is 11.7 Å². The van der Waals surface area contributed by atoms with Crippen LogP contribution in [0.15, 0.2) is 54.9 Å². The minimum atomic E-state index is -0.0182. The van der Waals surface area contributed by atoms with Crippen LogP contribution < -0.4 is 5.32 Å². The van der Waals surface area contributed by atoms with Crippen LogP contribution in [-0.2, 0) is 0 Å². The molecule has 1 aromatic heterocycles. The van der Waals surface area contributed by atoms with Gasteiger partial charge in [-0.15, -0.1) is 5.10 Å². The molecule has 3 rings (SSSR count). The number of hydrogen-bond donors (Lipinski definition) is 2. The van der Waals surface area contributed by atoms with Crippen molar-refractivity contribution in [1.29, 1.82) is 0 Å². The van der Waals surface area contributed by atoms with E-state index in [0.29, 0.717) is 0 Å². The smallest absolute Gasteiger partial charge is 0.143 e. The molecule has 1 unspecified atom stereocenters. The van der Waals surface area contributed by atoms with Crippen LogP contribution in [0.5, 0.6) is 5.75 Å². The number of aromatic hydroxyl groups is 1. The van der Waals surface area contributed by atoms with Crippen LogP contribution in [0, 0.1) is 0 Å². The number of rotatable bonds is 4. The van der Waals surface area contributed by atoms with E-state index in [9.17, 15) is 5.11 Å². The summed E-state index contributed by atoms with van der Waals surface area (Å²) in [5.74, 6) is 0.286. The Morgan fingerprint density at radius 3 is 2.76 bits per heavy atom. The minimum Gasteiger partial charge on any atom is -0.508 e. The number of anilines is 1. The van der Waals surface area contributed by atoms with Gasteiger partial charge in [-0.05, 0) is 41.6 Å². The van der Waals surface area contributed by atoms with Crippen molar-refractivity contribution in [2.24, 2.45) is 0 Å². The summed E-state index contributed by atoms with van der Waals surface area (Å²) in [6.45, 7) is 2.00. The number of nitrogens with one attached hydrogen (secondary N) is 1. The third kappa shape index (κ3) is 2.84. The molecule has 106 valence electrons. The highest BCUT2D eigenvalue weighted by Gasteiger charge is 2.10. The quantitative estimate of drug-likeness (QED) is 0.768. The first-order valence-corrected chi connectivity index (χ1v) is 6.62. The van der Waals surface area contributed by atoms with Crippen LogP contribution >= 0.6 is 0 Å². The highest BCUT2D eigenvalue weighted by molar-refractivity contribution is 5.52. The summed E-state index contributed by atoms with van der Waals surface area (Å²) < 4.78 is 1.59. The summed E-state index contributed by atoms with van der Waals surface area (Å²) in [6.07, 6.45) is 1.55. The maximum Gasteiger partial charge on any atom is 0.143 e. The summed E-state index contributed by atoms with van der Waals surface area (Å²) in [5, 5.41) is 24.4. The van der Waals surface area contributed by atoms with Crippen molar-refractivity contribution < 1.29 is 5.11 Å². The van der Waals surface area contributed by atoms with E-state index in [-0.39, 0.29) is 11.8 Å². The number of phenols is 1. The first-order valence-electron chi connectivity index (χ1n) is 6.62. The molecule has 2 N–H and O–H groups in total. The van der Waals surface area contributed by atoms with E-state index < -0.39 is 0 Å². The van der Waals surface area contributed by atoms with Crippen molar-refractivity contribution in [3.8, 4) is 11.4 Å². The van der Waals surface area contributed by atoms with Crippen molar-refractivity contribution in [3.05, 3.63) is 60.4 Å². The van der Waals surface area contributed by atoms with Gasteiger partial charge in [-0.1, -0.05) is 24.3 Å². The van der Waals surface area contributed by atoms with Gasteiger partial charge in [0, 0.05) is 11.3 Å². The third-order valence-corrected chi connectivity index (χ3v) is 3.25. The predicted molar refractivity (Wildman–Crippen MR) is 79.3 cm³/mol. The molecule has 6 heteroatoms. The summed E-state index contributed by atoms with van der Waals surface area (Å²) in [5.41, 5.74) is 2.65. The Balaban J connectivity index is 1.82. The van der Waals surface area contributed by atoms with Crippen molar-refractivity contribution in [3.63, 3.8) is 0 Å². The summed E-state index contributed by atoms with van der Waals surface area (Å²) in [7, 11) is 0. The van der Waals surface area contributed by atoms with Gasteiger partial charge < -0.3 is 10.4 Å².